The number of hydrogen-bond donors (Lipinski definition) is 0. The molecular formula is C22H21F3N2O2. The molecule has 1 fully saturated rings. The smallest absolute Gasteiger partial charge is 0.253 e. The van der Waals surface area contributed by atoms with Crippen molar-refractivity contribution in [3.8, 4) is 0 Å². The van der Waals surface area contributed by atoms with Gasteiger partial charge in [-0.15, -0.1) is 0 Å². The van der Waals surface area contributed by atoms with E-state index in [9.17, 15) is 22.8 Å². The van der Waals surface area contributed by atoms with Crippen molar-refractivity contribution in [3.05, 3.63) is 65.0 Å². The zero-order valence-corrected chi connectivity index (χ0v) is 15.8. The van der Waals surface area contributed by atoms with Crippen LogP contribution >= 0.6 is 0 Å². The van der Waals surface area contributed by atoms with Crippen LogP contribution < -0.4 is 4.90 Å². The molecule has 7 heteroatoms. The predicted octanol–water partition coefficient (Wildman–Crippen LogP) is 3.94. The fourth-order valence-corrected chi connectivity index (χ4v) is 4.20. The summed E-state index contributed by atoms with van der Waals surface area (Å²) in [7, 11) is 0. The highest BCUT2D eigenvalue weighted by molar-refractivity contribution is 5.98. The predicted molar refractivity (Wildman–Crippen MR) is 102 cm³/mol. The fourth-order valence-electron chi connectivity index (χ4n) is 4.20. The van der Waals surface area contributed by atoms with Crippen molar-refractivity contribution >= 4 is 17.5 Å². The van der Waals surface area contributed by atoms with Gasteiger partial charge in [-0.3, -0.25) is 9.59 Å². The molecule has 2 aromatic rings. The summed E-state index contributed by atoms with van der Waals surface area (Å²) in [4.78, 5) is 29.0. The number of carbonyl (C=O) groups excluding carboxylic acids is 2. The number of rotatable bonds is 2. The molecule has 0 radical (unpaired) electrons. The fraction of sp³-hybridized carbons (Fsp3) is 0.364. The van der Waals surface area contributed by atoms with Crippen molar-refractivity contribution in [2.45, 2.75) is 25.7 Å². The molecule has 1 saturated heterocycles. The van der Waals surface area contributed by atoms with E-state index in [1.807, 2.05) is 0 Å². The van der Waals surface area contributed by atoms with Crippen LogP contribution in [0.25, 0.3) is 0 Å². The third kappa shape index (κ3) is 3.86. The first-order chi connectivity index (χ1) is 13.9. The Morgan fingerprint density at radius 2 is 1.69 bits per heavy atom. The number of likely N-dealkylation sites (tertiary alicyclic amines) is 1. The molecule has 2 aliphatic heterocycles. The van der Waals surface area contributed by atoms with Gasteiger partial charge < -0.3 is 9.80 Å². The first-order valence-corrected chi connectivity index (χ1v) is 9.78. The maximum atomic E-state index is 14.1. The molecular weight excluding hydrogens is 381 g/mol. The summed E-state index contributed by atoms with van der Waals surface area (Å²) < 4.78 is 41.0. The van der Waals surface area contributed by atoms with Crippen LogP contribution in [0, 0.1) is 23.4 Å². The summed E-state index contributed by atoms with van der Waals surface area (Å²) in [6.45, 7) is 1.15. The zero-order valence-electron chi connectivity index (χ0n) is 15.8. The van der Waals surface area contributed by atoms with Crippen molar-refractivity contribution in [1.82, 2.24) is 4.90 Å². The molecule has 0 aromatic heterocycles. The Bertz CT molecular complexity index is 946. The summed E-state index contributed by atoms with van der Waals surface area (Å²) in [6.07, 6.45) is 2.33. The van der Waals surface area contributed by atoms with Gasteiger partial charge in [0.15, 0.2) is 0 Å². The molecule has 2 aromatic carbocycles. The largest absolute Gasteiger partial charge is 0.338 e. The molecule has 2 aliphatic rings. The number of benzene rings is 2. The SMILES string of the molecule is O=C(c1ccc(F)cc1)N1CCCC(C(=O)N2CCCc3c(F)cc(F)cc32)C1. The maximum Gasteiger partial charge on any atom is 0.253 e. The number of halogens is 3. The van der Waals surface area contributed by atoms with E-state index in [1.165, 1.54) is 35.2 Å². The van der Waals surface area contributed by atoms with Crippen LogP contribution in [0.2, 0.25) is 0 Å². The standard InChI is InChI=1S/C22H21F3N2O2/c23-16-7-5-14(6-8-16)21(28)26-9-1-3-15(13-26)22(29)27-10-2-4-18-19(25)11-17(24)12-20(18)27/h5-8,11-12,15H,1-4,9-10,13H2. The van der Waals surface area contributed by atoms with Crippen molar-refractivity contribution < 1.29 is 22.8 Å². The second-order valence-corrected chi connectivity index (χ2v) is 7.58. The molecule has 0 bridgehead atoms. The van der Waals surface area contributed by atoms with Gasteiger partial charge in [0.2, 0.25) is 5.91 Å². The van der Waals surface area contributed by atoms with Gasteiger partial charge in [-0.05, 0) is 56.0 Å². The zero-order chi connectivity index (χ0) is 20.5. The summed E-state index contributed by atoms with van der Waals surface area (Å²) in [5.74, 6) is -2.67. The van der Waals surface area contributed by atoms with E-state index in [-0.39, 0.29) is 18.4 Å². The van der Waals surface area contributed by atoms with Crippen molar-refractivity contribution in [2.24, 2.45) is 5.92 Å². The topological polar surface area (TPSA) is 40.6 Å². The van der Waals surface area contributed by atoms with Gasteiger partial charge in [0.25, 0.3) is 5.91 Å². The Labute approximate surface area is 166 Å². The molecule has 0 spiro atoms. The summed E-state index contributed by atoms with van der Waals surface area (Å²) in [5, 5.41) is 0. The van der Waals surface area contributed by atoms with Crippen molar-refractivity contribution in [3.63, 3.8) is 0 Å². The van der Waals surface area contributed by atoms with Crippen molar-refractivity contribution in [2.75, 3.05) is 24.5 Å². The Hall–Kier alpha value is -2.83. The molecule has 0 N–H and O–H groups in total. The molecule has 2 heterocycles. The third-order valence-corrected chi connectivity index (χ3v) is 5.65. The highest BCUT2D eigenvalue weighted by Crippen LogP contribution is 2.33. The second-order valence-electron chi connectivity index (χ2n) is 7.58. The van der Waals surface area contributed by atoms with Crippen LogP contribution in [-0.4, -0.2) is 36.3 Å². The molecule has 2 amide bonds. The van der Waals surface area contributed by atoms with Gasteiger partial charge >= 0.3 is 0 Å². The van der Waals surface area contributed by atoms with Crippen molar-refractivity contribution in [1.29, 1.82) is 0 Å². The Morgan fingerprint density at radius 1 is 0.931 bits per heavy atom. The number of nitrogens with zero attached hydrogens (tertiary/aromatic N) is 2. The first kappa shape index (κ1) is 19.5. The van der Waals surface area contributed by atoms with Gasteiger partial charge in [0.1, 0.15) is 17.5 Å². The molecule has 29 heavy (non-hydrogen) atoms. The van der Waals surface area contributed by atoms with E-state index in [0.29, 0.717) is 55.6 Å². The lowest BCUT2D eigenvalue weighted by atomic mass is 9.93. The van der Waals surface area contributed by atoms with Crippen LogP contribution in [0.3, 0.4) is 0 Å². The van der Waals surface area contributed by atoms with Crippen LogP contribution in [0.4, 0.5) is 18.9 Å². The van der Waals surface area contributed by atoms with E-state index in [1.54, 1.807) is 4.90 Å². The number of hydrogen-bond acceptors (Lipinski definition) is 2. The Morgan fingerprint density at radius 3 is 2.45 bits per heavy atom. The number of fused-ring (bicyclic) bond motifs is 1. The lowest BCUT2D eigenvalue weighted by Gasteiger charge is -2.37. The number of carbonyl (C=O) groups is 2. The molecule has 4 nitrogen and oxygen atoms in total. The van der Waals surface area contributed by atoms with Crippen LogP contribution in [0.5, 0.6) is 0 Å². The number of anilines is 1. The minimum absolute atomic E-state index is 0.215. The highest BCUT2D eigenvalue weighted by atomic mass is 19.1. The maximum absolute atomic E-state index is 14.1. The van der Waals surface area contributed by atoms with Gasteiger partial charge in [-0.1, -0.05) is 0 Å². The summed E-state index contributed by atoms with van der Waals surface area (Å²) in [6, 6.07) is 7.36. The summed E-state index contributed by atoms with van der Waals surface area (Å²) >= 11 is 0. The van der Waals surface area contributed by atoms with E-state index in [0.717, 1.165) is 6.07 Å². The lowest BCUT2D eigenvalue weighted by Crippen LogP contribution is -2.48. The quantitative estimate of drug-likeness (QED) is 0.764. The van der Waals surface area contributed by atoms with E-state index >= 15 is 0 Å². The van der Waals surface area contributed by atoms with Gasteiger partial charge in [-0.25, -0.2) is 13.2 Å². The molecule has 0 saturated carbocycles. The number of piperidine rings is 1. The van der Waals surface area contributed by atoms with Crippen LogP contribution in [0.15, 0.2) is 36.4 Å². The average Bonchev–Trinajstić information content (AvgIpc) is 2.73. The third-order valence-electron chi connectivity index (χ3n) is 5.65. The second kappa shape index (κ2) is 7.89. The molecule has 4 rings (SSSR count). The van der Waals surface area contributed by atoms with E-state index in [2.05, 4.69) is 0 Å². The molecule has 1 unspecified atom stereocenters. The highest BCUT2D eigenvalue weighted by Gasteiger charge is 2.34. The van der Waals surface area contributed by atoms with E-state index < -0.39 is 23.4 Å². The van der Waals surface area contributed by atoms with Crippen LogP contribution in [0.1, 0.15) is 35.2 Å². The Balaban J connectivity index is 1.53. The molecule has 152 valence electrons. The van der Waals surface area contributed by atoms with Gasteiger partial charge in [0, 0.05) is 36.8 Å². The minimum Gasteiger partial charge on any atom is -0.338 e. The normalized spacial score (nSPS) is 19.1. The number of amides is 2. The van der Waals surface area contributed by atoms with E-state index in [4.69, 9.17) is 0 Å². The molecule has 0 aliphatic carbocycles. The molecule has 1 atom stereocenters. The lowest BCUT2D eigenvalue weighted by molar-refractivity contribution is -0.123. The average molecular weight is 402 g/mol. The van der Waals surface area contributed by atoms with Gasteiger partial charge in [0.05, 0.1) is 11.6 Å². The van der Waals surface area contributed by atoms with Gasteiger partial charge in [-0.2, -0.15) is 0 Å². The minimum atomic E-state index is -0.710. The monoisotopic (exact) mass is 402 g/mol. The van der Waals surface area contributed by atoms with Crippen LogP contribution in [-0.2, 0) is 11.2 Å². The first-order valence-electron chi connectivity index (χ1n) is 9.78. The summed E-state index contributed by atoms with van der Waals surface area (Å²) in [5.41, 5.74) is 1.02. The Kier molecular flexibility index (Phi) is 5.30.